The number of nitrogens with zero attached hydrogens (tertiary/aromatic N) is 1. The SMILES string of the molecule is CC(=O)NC(CC(=O)N(C)Cc1ccc2c(c1)OCCO2)c1ccccc1. The topological polar surface area (TPSA) is 67.9 Å². The summed E-state index contributed by atoms with van der Waals surface area (Å²) in [6.45, 7) is 2.99. The lowest BCUT2D eigenvalue weighted by atomic mass is 10.0. The van der Waals surface area contributed by atoms with E-state index in [2.05, 4.69) is 5.32 Å². The van der Waals surface area contributed by atoms with Crippen LogP contribution in [0.15, 0.2) is 48.5 Å². The second-order valence-electron chi connectivity index (χ2n) is 6.60. The summed E-state index contributed by atoms with van der Waals surface area (Å²) >= 11 is 0. The van der Waals surface area contributed by atoms with Crippen LogP contribution >= 0.6 is 0 Å². The van der Waals surface area contributed by atoms with Gasteiger partial charge in [-0.1, -0.05) is 36.4 Å². The maximum atomic E-state index is 12.7. The molecule has 1 heterocycles. The van der Waals surface area contributed by atoms with Crippen molar-refractivity contribution in [2.24, 2.45) is 0 Å². The Balaban J connectivity index is 1.66. The van der Waals surface area contributed by atoms with Crippen LogP contribution in [-0.4, -0.2) is 37.0 Å². The lowest BCUT2D eigenvalue weighted by Crippen LogP contribution is -2.33. The van der Waals surface area contributed by atoms with Crippen LogP contribution < -0.4 is 14.8 Å². The standard InChI is InChI=1S/C21H24N2O4/c1-15(24)22-18(17-6-4-3-5-7-17)13-21(25)23(2)14-16-8-9-19-20(12-16)27-11-10-26-19/h3-9,12,18H,10-11,13-14H2,1-2H3,(H,22,24). The first kappa shape index (κ1) is 18.8. The number of carbonyl (C=O) groups is 2. The first-order valence-corrected chi connectivity index (χ1v) is 8.97. The molecule has 0 aromatic heterocycles. The number of hydrogen-bond donors (Lipinski definition) is 1. The van der Waals surface area contributed by atoms with Gasteiger partial charge in [0.2, 0.25) is 11.8 Å². The smallest absolute Gasteiger partial charge is 0.225 e. The molecular formula is C21H24N2O4. The van der Waals surface area contributed by atoms with Crippen molar-refractivity contribution in [1.29, 1.82) is 0 Å². The molecule has 0 radical (unpaired) electrons. The zero-order valence-corrected chi connectivity index (χ0v) is 15.6. The molecule has 6 heteroatoms. The van der Waals surface area contributed by atoms with Crippen LogP contribution in [0.3, 0.4) is 0 Å². The Hall–Kier alpha value is -3.02. The van der Waals surface area contributed by atoms with Crippen molar-refractivity contribution in [3.05, 3.63) is 59.7 Å². The number of carbonyl (C=O) groups excluding carboxylic acids is 2. The average molecular weight is 368 g/mol. The van der Waals surface area contributed by atoms with Crippen LogP contribution in [0.4, 0.5) is 0 Å². The third-order valence-electron chi connectivity index (χ3n) is 4.41. The summed E-state index contributed by atoms with van der Waals surface area (Å²) in [7, 11) is 1.76. The molecule has 0 spiro atoms. The molecule has 0 saturated heterocycles. The Bertz CT molecular complexity index is 807. The van der Waals surface area contributed by atoms with Crippen LogP contribution in [0.5, 0.6) is 11.5 Å². The quantitative estimate of drug-likeness (QED) is 0.851. The third-order valence-corrected chi connectivity index (χ3v) is 4.41. The molecule has 0 bridgehead atoms. The van der Waals surface area contributed by atoms with E-state index in [4.69, 9.17) is 9.47 Å². The van der Waals surface area contributed by atoms with Gasteiger partial charge in [0.05, 0.1) is 12.5 Å². The highest BCUT2D eigenvalue weighted by atomic mass is 16.6. The summed E-state index contributed by atoms with van der Waals surface area (Å²) < 4.78 is 11.1. The van der Waals surface area contributed by atoms with Gasteiger partial charge in [-0.3, -0.25) is 9.59 Å². The van der Waals surface area contributed by atoms with Gasteiger partial charge in [-0.15, -0.1) is 0 Å². The molecule has 2 amide bonds. The Labute approximate surface area is 159 Å². The van der Waals surface area contributed by atoms with Crippen molar-refractivity contribution in [2.75, 3.05) is 20.3 Å². The van der Waals surface area contributed by atoms with E-state index in [-0.39, 0.29) is 24.3 Å². The number of rotatable bonds is 6. The zero-order valence-electron chi connectivity index (χ0n) is 15.6. The van der Waals surface area contributed by atoms with Gasteiger partial charge in [0.1, 0.15) is 13.2 Å². The summed E-state index contributed by atoms with van der Waals surface area (Å²) in [6.07, 6.45) is 0.199. The van der Waals surface area contributed by atoms with Crippen LogP contribution in [0.25, 0.3) is 0 Å². The second-order valence-corrected chi connectivity index (χ2v) is 6.60. The van der Waals surface area contributed by atoms with Gasteiger partial charge in [0, 0.05) is 20.5 Å². The Morgan fingerprint density at radius 3 is 2.48 bits per heavy atom. The van der Waals surface area contributed by atoms with Gasteiger partial charge < -0.3 is 19.7 Å². The molecule has 142 valence electrons. The van der Waals surface area contributed by atoms with Crippen molar-refractivity contribution >= 4 is 11.8 Å². The normalized spacial score (nSPS) is 13.6. The molecule has 2 aromatic rings. The number of fused-ring (bicyclic) bond motifs is 1. The van der Waals surface area contributed by atoms with Gasteiger partial charge in [-0.25, -0.2) is 0 Å². The second kappa shape index (κ2) is 8.58. The molecule has 27 heavy (non-hydrogen) atoms. The van der Waals surface area contributed by atoms with Crippen molar-refractivity contribution in [1.82, 2.24) is 10.2 Å². The molecule has 2 aromatic carbocycles. The summed E-state index contributed by atoms with van der Waals surface area (Å²) in [4.78, 5) is 25.9. The molecule has 1 unspecified atom stereocenters. The highest BCUT2D eigenvalue weighted by molar-refractivity contribution is 5.79. The number of benzene rings is 2. The van der Waals surface area contributed by atoms with Crippen LogP contribution in [0.2, 0.25) is 0 Å². The molecule has 1 atom stereocenters. The highest BCUT2D eigenvalue weighted by Gasteiger charge is 2.20. The maximum absolute atomic E-state index is 12.7. The highest BCUT2D eigenvalue weighted by Crippen LogP contribution is 2.31. The lowest BCUT2D eigenvalue weighted by molar-refractivity contribution is -0.131. The Morgan fingerprint density at radius 1 is 1.07 bits per heavy atom. The average Bonchev–Trinajstić information content (AvgIpc) is 2.67. The van der Waals surface area contributed by atoms with E-state index in [9.17, 15) is 9.59 Å². The molecule has 1 aliphatic rings. The van der Waals surface area contributed by atoms with Gasteiger partial charge >= 0.3 is 0 Å². The largest absolute Gasteiger partial charge is 0.486 e. The van der Waals surface area contributed by atoms with E-state index in [1.165, 1.54) is 6.92 Å². The predicted octanol–water partition coefficient (Wildman–Crippen LogP) is 2.68. The van der Waals surface area contributed by atoms with E-state index in [1.54, 1.807) is 11.9 Å². The Kier molecular flexibility index (Phi) is 5.96. The number of ether oxygens (including phenoxy) is 2. The molecule has 1 aliphatic heterocycles. The zero-order chi connectivity index (χ0) is 19.2. The van der Waals surface area contributed by atoms with Crippen LogP contribution in [0, 0.1) is 0 Å². The summed E-state index contributed by atoms with van der Waals surface area (Å²) in [5.74, 6) is 1.23. The number of hydrogen-bond acceptors (Lipinski definition) is 4. The minimum atomic E-state index is -0.348. The van der Waals surface area contributed by atoms with Gasteiger partial charge in [0.25, 0.3) is 0 Å². The van der Waals surface area contributed by atoms with Crippen molar-refractivity contribution in [2.45, 2.75) is 25.9 Å². The van der Waals surface area contributed by atoms with Crippen LogP contribution in [-0.2, 0) is 16.1 Å². The molecule has 0 fully saturated rings. The molecular weight excluding hydrogens is 344 g/mol. The fourth-order valence-electron chi connectivity index (χ4n) is 3.06. The van der Waals surface area contributed by atoms with Gasteiger partial charge in [-0.2, -0.15) is 0 Å². The minimum absolute atomic E-state index is 0.0486. The van der Waals surface area contributed by atoms with E-state index in [1.807, 2.05) is 48.5 Å². The fourth-order valence-corrected chi connectivity index (χ4v) is 3.06. The Morgan fingerprint density at radius 2 is 1.78 bits per heavy atom. The van der Waals surface area contributed by atoms with Crippen LogP contribution in [0.1, 0.15) is 30.5 Å². The van der Waals surface area contributed by atoms with Gasteiger partial charge in [0.15, 0.2) is 11.5 Å². The summed E-state index contributed by atoms with van der Waals surface area (Å²) in [5.41, 5.74) is 1.87. The molecule has 0 saturated carbocycles. The minimum Gasteiger partial charge on any atom is -0.486 e. The van der Waals surface area contributed by atoms with E-state index in [0.29, 0.717) is 25.5 Å². The van der Waals surface area contributed by atoms with Crippen molar-refractivity contribution in [3.63, 3.8) is 0 Å². The van der Waals surface area contributed by atoms with E-state index >= 15 is 0 Å². The molecule has 0 aliphatic carbocycles. The first-order chi connectivity index (χ1) is 13.0. The van der Waals surface area contributed by atoms with Gasteiger partial charge in [-0.05, 0) is 23.3 Å². The predicted molar refractivity (Wildman–Crippen MR) is 102 cm³/mol. The fraction of sp³-hybridized carbons (Fsp3) is 0.333. The number of amides is 2. The first-order valence-electron chi connectivity index (χ1n) is 8.97. The molecule has 3 rings (SSSR count). The summed E-state index contributed by atoms with van der Waals surface area (Å²) in [6, 6.07) is 14.9. The third kappa shape index (κ3) is 5.00. The summed E-state index contributed by atoms with van der Waals surface area (Å²) in [5, 5.41) is 2.86. The lowest BCUT2D eigenvalue weighted by Gasteiger charge is -2.24. The van der Waals surface area contributed by atoms with Crippen molar-refractivity contribution in [3.8, 4) is 11.5 Å². The monoisotopic (exact) mass is 368 g/mol. The maximum Gasteiger partial charge on any atom is 0.225 e. The number of nitrogens with one attached hydrogen (secondary N) is 1. The molecule has 1 N–H and O–H groups in total. The van der Waals surface area contributed by atoms with E-state index < -0.39 is 0 Å². The van der Waals surface area contributed by atoms with E-state index in [0.717, 1.165) is 16.9 Å². The van der Waals surface area contributed by atoms with Crippen molar-refractivity contribution < 1.29 is 19.1 Å². The molecule has 6 nitrogen and oxygen atoms in total.